The maximum absolute atomic E-state index is 7.50. The van der Waals surface area contributed by atoms with Crippen molar-refractivity contribution in [2.45, 2.75) is 0 Å². The molecule has 0 saturated carbocycles. The molecule has 0 atom stereocenters. The van der Waals surface area contributed by atoms with Crippen LogP contribution >= 0.6 is 8.51 Å². The van der Waals surface area contributed by atoms with Crippen molar-refractivity contribution in [3.63, 3.8) is 0 Å². The van der Waals surface area contributed by atoms with Crippen molar-refractivity contribution >= 4 is 25.9 Å². The van der Waals surface area contributed by atoms with Gasteiger partial charge in [0, 0.05) is 0 Å². The SMILES string of the molecule is [AlH3].[OH][Zr][Cl]. The van der Waals surface area contributed by atoms with Gasteiger partial charge < -0.3 is 0 Å². The van der Waals surface area contributed by atoms with Crippen LogP contribution in [0.3, 0.4) is 0 Å². The molecule has 0 saturated heterocycles. The molecule has 0 spiro atoms. The van der Waals surface area contributed by atoms with Gasteiger partial charge in [0.15, 0.2) is 17.4 Å². The molecule has 0 aromatic rings. The van der Waals surface area contributed by atoms with E-state index in [0.717, 1.165) is 0 Å². The number of halogens is 1. The Bertz CT molecular complexity index is 8.00. The molecule has 0 heterocycles. The van der Waals surface area contributed by atoms with Crippen molar-refractivity contribution < 1.29 is 25.7 Å². The fraction of sp³-hybridized carbons (Fsp3) is 0. The summed E-state index contributed by atoms with van der Waals surface area (Å²) in [6.45, 7) is 0. The molecule has 0 bridgehead atoms. The summed E-state index contributed by atoms with van der Waals surface area (Å²) >= 11 is -1.30. The third kappa shape index (κ3) is 9.39. The van der Waals surface area contributed by atoms with E-state index in [-0.39, 0.29) is 17.4 Å². The Balaban J connectivity index is 0. The Kier molecular flexibility index (Phi) is 20.2. The molecule has 0 aliphatic rings. The molecule has 24 valence electrons. The molecule has 0 radical (unpaired) electrons. The average Bonchev–Trinajstić information content (AvgIpc) is 0.918. The van der Waals surface area contributed by atoms with Crippen LogP contribution in [0.15, 0.2) is 0 Å². The topological polar surface area (TPSA) is 20.2 Å². The molecule has 0 aliphatic carbocycles. The first-order valence-corrected chi connectivity index (χ1v) is 4.68. The molecule has 1 N–H and O–H groups in total. The zero-order valence-electron chi connectivity index (χ0n) is 1.33. The monoisotopic (exact) mass is 172 g/mol. The number of hydrogen-bond donors (Lipinski definition) is 1. The Hall–Kier alpha value is 1.67. The van der Waals surface area contributed by atoms with E-state index in [0.29, 0.717) is 0 Å². The Morgan fingerprint density at radius 1 is 1.75 bits per heavy atom. The maximum atomic E-state index is 7.50. The Labute approximate surface area is 51.2 Å². The van der Waals surface area contributed by atoms with Crippen molar-refractivity contribution in [3.8, 4) is 0 Å². The van der Waals surface area contributed by atoms with Gasteiger partial charge in [0.2, 0.25) is 0 Å². The molecule has 0 fully saturated rings. The van der Waals surface area contributed by atoms with E-state index in [9.17, 15) is 0 Å². The molecule has 4 heteroatoms. The molecule has 0 aromatic heterocycles. The van der Waals surface area contributed by atoms with Crippen LogP contribution in [0, 0.1) is 0 Å². The summed E-state index contributed by atoms with van der Waals surface area (Å²) in [6, 6.07) is 0. The molecule has 0 rings (SSSR count). The average molecular weight is 174 g/mol. The minimum atomic E-state index is -1.30. The van der Waals surface area contributed by atoms with Crippen molar-refractivity contribution in [1.29, 1.82) is 0 Å². The van der Waals surface area contributed by atoms with Gasteiger partial charge in [0.25, 0.3) is 0 Å². The van der Waals surface area contributed by atoms with E-state index < -0.39 is 22.5 Å². The normalized spacial score (nSPS) is 3.50. The molecule has 0 amide bonds. The third-order valence-corrected chi connectivity index (χ3v) is 0. The first-order valence-electron chi connectivity index (χ1n) is 0.413. The van der Waals surface area contributed by atoms with Crippen LogP contribution in [0.5, 0.6) is 0 Å². The van der Waals surface area contributed by atoms with Crippen LogP contribution in [0.1, 0.15) is 0 Å². The zero-order chi connectivity index (χ0) is 2.71. The standard InChI is InChI=1S/Al.ClH.H2O.Zr.3H/h;1H;1H2;;;;/q;;;+2;;;/p-2. The molecule has 0 aromatic carbocycles. The fourth-order valence-corrected chi connectivity index (χ4v) is 0. The van der Waals surface area contributed by atoms with Crippen LogP contribution in [0.2, 0.25) is 0 Å². The van der Waals surface area contributed by atoms with Gasteiger partial charge in [-0.3, -0.25) is 0 Å². The first kappa shape index (κ1) is 9.18. The van der Waals surface area contributed by atoms with Crippen LogP contribution in [-0.4, -0.2) is 20.5 Å². The van der Waals surface area contributed by atoms with E-state index >= 15 is 0 Å². The van der Waals surface area contributed by atoms with Gasteiger partial charge in [-0.05, 0) is 0 Å². The second-order valence-corrected chi connectivity index (χ2v) is 1.50. The first-order chi connectivity index (χ1) is 1.41. The van der Waals surface area contributed by atoms with Gasteiger partial charge in [-0.25, -0.2) is 0 Å². The molecular formula is H4AlClOZr. The summed E-state index contributed by atoms with van der Waals surface area (Å²) in [5.41, 5.74) is 0. The van der Waals surface area contributed by atoms with Crippen LogP contribution in [0.25, 0.3) is 0 Å². The second kappa shape index (κ2) is 8.82. The predicted octanol–water partition coefficient (Wildman–Crippen LogP) is -1.05. The Morgan fingerprint density at radius 2 is 1.75 bits per heavy atom. The molecule has 1 nitrogen and oxygen atoms in total. The third-order valence-electron chi connectivity index (χ3n) is 0. The van der Waals surface area contributed by atoms with E-state index in [1.165, 1.54) is 0 Å². The van der Waals surface area contributed by atoms with Crippen LogP contribution in [-0.2, 0) is 22.5 Å². The van der Waals surface area contributed by atoms with Gasteiger partial charge in [-0.1, -0.05) is 0 Å². The van der Waals surface area contributed by atoms with Gasteiger partial charge in [0.05, 0.1) is 0 Å². The van der Waals surface area contributed by atoms with E-state index in [1.54, 1.807) is 0 Å². The Morgan fingerprint density at radius 3 is 1.75 bits per heavy atom. The second-order valence-electron chi connectivity index (χ2n) is 0.0845. The van der Waals surface area contributed by atoms with Crippen molar-refractivity contribution in [3.05, 3.63) is 0 Å². The van der Waals surface area contributed by atoms with Crippen molar-refractivity contribution in [2.24, 2.45) is 0 Å². The van der Waals surface area contributed by atoms with E-state index in [2.05, 4.69) is 0 Å². The predicted molar refractivity (Wildman–Crippen MR) is 18.0 cm³/mol. The molecular weight excluding hydrogens is 170 g/mol. The zero-order valence-corrected chi connectivity index (χ0v) is 4.54. The van der Waals surface area contributed by atoms with Gasteiger partial charge in [-0.15, -0.1) is 0 Å². The summed E-state index contributed by atoms with van der Waals surface area (Å²) in [6.07, 6.45) is 0. The minimum absolute atomic E-state index is 0. The molecule has 0 aliphatic heterocycles. The summed E-state index contributed by atoms with van der Waals surface area (Å²) in [5, 5.41) is 0. The van der Waals surface area contributed by atoms with Crippen molar-refractivity contribution in [2.75, 3.05) is 0 Å². The number of hydrogen-bond acceptors (Lipinski definition) is 1. The summed E-state index contributed by atoms with van der Waals surface area (Å²) in [7, 11) is 4.72. The van der Waals surface area contributed by atoms with Gasteiger partial charge in [-0.2, -0.15) is 0 Å². The number of rotatable bonds is 0. The quantitative estimate of drug-likeness (QED) is 0.464. The summed E-state index contributed by atoms with van der Waals surface area (Å²) in [5.74, 6) is 0. The summed E-state index contributed by atoms with van der Waals surface area (Å²) < 4.78 is 7.50. The van der Waals surface area contributed by atoms with Crippen LogP contribution < -0.4 is 0 Å². The van der Waals surface area contributed by atoms with E-state index in [4.69, 9.17) is 11.7 Å². The summed E-state index contributed by atoms with van der Waals surface area (Å²) in [4.78, 5) is 0. The van der Waals surface area contributed by atoms with Crippen molar-refractivity contribution in [1.82, 2.24) is 0 Å². The fourth-order valence-electron chi connectivity index (χ4n) is 0. The van der Waals surface area contributed by atoms with Gasteiger partial charge in [0.1, 0.15) is 0 Å². The van der Waals surface area contributed by atoms with Gasteiger partial charge >= 0.3 is 34.2 Å². The van der Waals surface area contributed by atoms with E-state index in [1.807, 2.05) is 0 Å². The molecule has 4 heavy (non-hydrogen) atoms. The molecule has 0 unspecified atom stereocenters. The van der Waals surface area contributed by atoms with Crippen LogP contribution in [0.4, 0.5) is 0 Å².